The van der Waals surface area contributed by atoms with E-state index in [0.717, 1.165) is 13.0 Å². The quantitative estimate of drug-likeness (QED) is 0.852. The first-order chi connectivity index (χ1) is 8.79. The second-order valence-corrected chi connectivity index (χ2v) is 5.38. The molecule has 2 aromatic rings. The van der Waals surface area contributed by atoms with Crippen molar-refractivity contribution < 1.29 is 0 Å². The summed E-state index contributed by atoms with van der Waals surface area (Å²) in [4.78, 5) is 0. The van der Waals surface area contributed by atoms with E-state index in [9.17, 15) is 0 Å². The summed E-state index contributed by atoms with van der Waals surface area (Å²) >= 11 is 0. The normalized spacial score (nSPS) is 20.4. The molecular weight excluding hydrogens is 220 g/mol. The van der Waals surface area contributed by atoms with Crippen LogP contribution >= 0.6 is 0 Å². The Morgan fingerprint density at radius 2 is 2.17 bits per heavy atom. The van der Waals surface area contributed by atoms with Crippen LogP contribution in [-0.4, -0.2) is 11.1 Å². The molecule has 1 N–H and O–H groups in total. The summed E-state index contributed by atoms with van der Waals surface area (Å²) < 4.78 is 2.36. The van der Waals surface area contributed by atoms with Gasteiger partial charge in [-0.15, -0.1) is 0 Å². The number of nitrogens with zero attached hydrogens (tertiary/aromatic N) is 1. The minimum atomic E-state index is 0.543. The van der Waals surface area contributed by atoms with Gasteiger partial charge in [-0.05, 0) is 49.6 Å². The third-order valence-electron chi connectivity index (χ3n) is 4.22. The maximum Gasteiger partial charge on any atom is 0.0480 e. The molecule has 96 valence electrons. The smallest absolute Gasteiger partial charge is 0.0480 e. The summed E-state index contributed by atoms with van der Waals surface area (Å²) in [6.07, 6.45) is 5.05. The van der Waals surface area contributed by atoms with Crippen molar-refractivity contribution in [2.75, 3.05) is 6.54 Å². The van der Waals surface area contributed by atoms with E-state index in [1.54, 1.807) is 0 Å². The standard InChI is InChI=1S/C16H22N2/c1-3-12-7-8-15-13(10-12)11-16(18(15)2)14-6-4-5-9-17-14/h7-8,10-11,14,17H,3-6,9H2,1-2H3. The molecule has 1 aromatic carbocycles. The van der Waals surface area contributed by atoms with Crippen LogP contribution < -0.4 is 5.32 Å². The van der Waals surface area contributed by atoms with E-state index in [1.807, 2.05) is 0 Å². The van der Waals surface area contributed by atoms with E-state index in [0.29, 0.717) is 6.04 Å². The van der Waals surface area contributed by atoms with E-state index >= 15 is 0 Å². The minimum Gasteiger partial charge on any atom is -0.346 e. The molecule has 0 aliphatic carbocycles. The fraction of sp³-hybridized carbons (Fsp3) is 0.500. The van der Waals surface area contributed by atoms with Gasteiger partial charge in [0.05, 0.1) is 0 Å². The lowest BCUT2D eigenvalue weighted by atomic mass is 10.0. The van der Waals surface area contributed by atoms with Crippen molar-refractivity contribution in [1.82, 2.24) is 9.88 Å². The van der Waals surface area contributed by atoms with Crippen LogP contribution in [0.3, 0.4) is 0 Å². The van der Waals surface area contributed by atoms with E-state index < -0.39 is 0 Å². The van der Waals surface area contributed by atoms with E-state index in [4.69, 9.17) is 0 Å². The zero-order valence-corrected chi connectivity index (χ0v) is 11.4. The van der Waals surface area contributed by atoms with Crippen LogP contribution in [0.2, 0.25) is 0 Å². The summed E-state index contributed by atoms with van der Waals surface area (Å²) in [5.41, 5.74) is 4.23. The van der Waals surface area contributed by atoms with Crippen molar-refractivity contribution in [3.8, 4) is 0 Å². The lowest BCUT2D eigenvalue weighted by Gasteiger charge is -2.24. The lowest BCUT2D eigenvalue weighted by molar-refractivity contribution is 0.399. The molecule has 2 heteroatoms. The van der Waals surface area contributed by atoms with Gasteiger partial charge in [0, 0.05) is 29.7 Å². The third kappa shape index (κ3) is 1.95. The number of hydrogen-bond donors (Lipinski definition) is 1. The Balaban J connectivity index is 2.04. The Bertz CT molecular complexity index is 547. The molecule has 1 saturated heterocycles. The van der Waals surface area contributed by atoms with E-state index in [-0.39, 0.29) is 0 Å². The van der Waals surface area contributed by atoms with Crippen LogP contribution in [-0.2, 0) is 13.5 Å². The average Bonchev–Trinajstić information content (AvgIpc) is 2.76. The summed E-state index contributed by atoms with van der Waals surface area (Å²) in [7, 11) is 2.19. The van der Waals surface area contributed by atoms with Crippen molar-refractivity contribution >= 4 is 10.9 Å². The highest BCUT2D eigenvalue weighted by Gasteiger charge is 2.18. The number of aromatic nitrogens is 1. The molecule has 0 bridgehead atoms. The van der Waals surface area contributed by atoms with E-state index in [1.165, 1.54) is 41.4 Å². The van der Waals surface area contributed by atoms with Gasteiger partial charge in [-0.3, -0.25) is 0 Å². The molecule has 2 heterocycles. The minimum absolute atomic E-state index is 0.543. The Morgan fingerprint density at radius 1 is 1.28 bits per heavy atom. The molecular formula is C16H22N2. The average molecular weight is 242 g/mol. The Morgan fingerprint density at radius 3 is 2.89 bits per heavy atom. The first kappa shape index (κ1) is 11.8. The van der Waals surface area contributed by atoms with Crippen molar-refractivity contribution in [3.63, 3.8) is 0 Å². The molecule has 18 heavy (non-hydrogen) atoms. The zero-order valence-electron chi connectivity index (χ0n) is 11.4. The molecule has 1 aliphatic heterocycles. The van der Waals surface area contributed by atoms with Crippen LogP contribution in [0, 0.1) is 0 Å². The number of benzene rings is 1. The molecule has 0 spiro atoms. The first-order valence-electron chi connectivity index (χ1n) is 7.11. The highest BCUT2D eigenvalue weighted by Crippen LogP contribution is 2.28. The number of rotatable bonds is 2. The van der Waals surface area contributed by atoms with Crippen molar-refractivity contribution in [2.24, 2.45) is 7.05 Å². The van der Waals surface area contributed by atoms with Gasteiger partial charge in [0.15, 0.2) is 0 Å². The molecule has 3 rings (SSSR count). The zero-order chi connectivity index (χ0) is 12.5. The second kappa shape index (κ2) is 4.77. The topological polar surface area (TPSA) is 17.0 Å². The number of aryl methyl sites for hydroxylation is 2. The molecule has 1 aliphatic rings. The van der Waals surface area contributed by atoms with Crippen molar-refractivity contribution in [3.05, 3.63) is 35.5 Å². The highest BCUT2D eigenvalue weighted by molar-refractivity contribution is 5.82. The number of fused-ring (bicyclic) bond motifs is 1. The highest BCUT2D eigenvalue weighted by atomic mass is 15.0. The van der Waals surface area contributed by atoms with Gasteiger partial charge in [0.25, 0.3) is 0 Å². The van der Waals surface area contributed by atoms with Crippen LogP contribution in [0.4, 0.5) is 0 Å². The number of nitrogens with one attached hydrogen (secondary N) is 1. The van der Waals surface area contributed by atoms with Crippen LogP contribution in [0.1, 0.15) is 43.5 Å². The van der Waals surface area contributed by atoms with Gasteiger partial charge in [-0.1, -0.05) is 19.4 Å². The van der Waals surface area contributed by atoms with Gasteiger partial charge in [-0.25, -0.2) is 0 Å². The SMILES string of the molecule is CCc1ccc2c(c1)cc(C1CCCCN1)n2C. The van der Waals surface area contributed by atoms with Gasteiger partial charge in [0.2, 0.25) is 0 Å². The van der Waals surface area contributed by atoms with Crippen molar-refractivity contribution in [1.29, 1.82) is 0 Å². The summed E-state index contributed by atoms with van der Waals surface area (Å²) in [5, 5.41) is 5.03. The fourth-order valence-electron chi connectivity index (χ4n) is 3.08. The lowest BCUT2D eigenvalue weighted by Crippen LogP contribution is -2.28. The van der Waals surface area contributed by atoms with Gasteiger partial charge in [0.1, 0.15) is 0 Å². The first-order valence-corrected chi connectivity index (χ1v) is 7.11. The molecule has 1 atom stereocenters. The fourth-order valence-corrected chi connectivity index (χ4v) is 3.08. The largest absolute Gasteiger partial charge is 0.346 e. The van der Waals surface area contributed by atoms with Crippen LogP contribution in [0.15, 0.2) is 24.3 Å². The molecule has 1 aromatic heterocycles. The molecule has 2 nitrogen and oxygen atoms in total. The Kier molecular flexibility index (Phi) is 3.13. The summed E-state index contributed by atoms with van der Waals surface area (Å²) in [6.45, 7) is 3.38. The Labute approximate surface area is 109 Å². The van der Waals surface area contributed by atoms with Gasteiger partial charge in [-0.2, -0.15) is 0 Å². The van der Waals surface area contributed by atoms with Gasteiger partial charge < -0.3 is 9.88 Å². The third-order valence-corrected chi connectivity index (χ3v) is 4.22. The predicted molar refractivity (Wildman–Crippen MR) is 76.9 cm³/mol. The second-order valence-electron chi connectivity index (χ2n) is 5.38. The summed E-state index contributed by atoms with van der Waals surface area (Å²) in [5.74, 6) is 0. The Hall–Kier alpha value is -1.28. The van der Waals surface area contributed by atoms with E-state index in [2.05, 4.69) is 48.1 Å². The number of hydrogen-bond acceptors (Lipinski definition) is 1. The predicted octanol–water partition coefficient (Wildman–Crippen LogP) is 3.56. The molecule has 0 saturated carbocycles. The maximum atomic E-state index is 3.64. The molecule has 1 fully saturated rings. The molecule has 1 unspecified atom stereocenters. The molecule has 0 amide bonds. The van der Waals surface area contributed by atoms with Crippen molar-refractivity contribution in [2.45, 2.75) is 38.6 Å². The monoisotopic (exact) mass is 242 g/mol. The maximum absolute atomic E-state index is 3.64. The molecule has 0 radical (unpaired) electrons. The van der Waals surface area contributed by atoms with Crippen LogP contribution in [0.5, 0.6) is 0 Å². The van der Waals surface area contributed by atoms with Gasteiger partial charge >= 0.3 is 0 Å². The number of piperidine rings is 1. The summed E-state index contributed by atoms with van der Waals surface area (Å²) in [6, 6.07) is 9.77. The van der Waals surface area contributed by atoms with Crippen LogP contribution in [0.25, 0.3) is 10.9 Å².